The number of halogens is 1. The number of rotatable bonds is 5. The van der Waals surface area contributed by atoms with E-state index >= 15 is 0 Å². The molecule has 1 aliphatic rings. The summed E-state index contributed by atoms with van der Waals surface area (Å²) in [6.07, 6.45) is 9.52. The van der Waals surface area contributed by atoms with Gasteiger partial charge in [-0.2, -0.15) is 0 Å². The van der Waals surface area contributed by atoms with Crippen LogP contribution in [0.5, 0.6) is 0 Å². The molecule has 3 heteroatoms. The topological polar surface area (TPSA) is 6.48 Å². The monoisotopic (exact) mass is 310 g/mol. The Morgan fingerprint density at radius 2 is 1.32 bits per heavy atom. The quantitative estimate of drug-likeness (QED) is 0.793. The van der Waals surface area contributed by atoms with Crippen molar-refractivity contribution in [2.24, 2.45) is 0 Å². The first-order chi connectivity index (χ1) is 10.8. The molecule has 0 atom stereocenters. The number of nitrogens with zero attached hydrogens (tertiary/aromatic N) is 2. The van der Waals surface area contributed by atoms with Gasteiger partial charge in [-0.25, -0.2) is 0 Å². The lowest BCUT2D eigenvalue weighted by molar-refractivity contribution is 0.418. The molecule has 0 amide bonds. The van der Waals surface area contributed by atoms with Crippen molar-refractivity contribution >= 4 is 11.6 Å². The molecule has 1 heterocycles. The zero-order chi connectivity index (χ0) is 15.2. The molecule has 0 fully saturated rings. The van der Waals surface area contributed by atoms with Gasteiger partial charge < -0.3 is 9.80 Å². The van der Waals surface area contributed by atoms with Gasteiger partial charge in [0.25, 0.3) is 0 Å². The Labute approximate surface area is 136 Å². The van der Waals surface area contributed by atoms with Crippen molar-refractivity contribution in [3.63, 3.8) is 0 Å². The van der Waals surface area contributed by atoms with E-state index in [9.17, 15) is 0 Å². The lowest BCUT2D eigenvalue weighted by atomic mass is 10.1. The van der Waals surface area contributed by atoms with Crippen molar-refractivity contribution in [1.82, 2.24) is 9.80 Å². The molecule has 0 spiro atoms. The molecule has 0 aliphatic carbocycles. The third-order valence-corrected chi connectivity index (χ3v) is 3.93. The fourth-order valence-electron chi connectivity index (χ4n) is 2.40. The number of hydrogen-bond acceptors (Lipinski definition) is 2. The van der Waals surface area contributed by atoms with Crippen molar-refractivity contribution in [1.29, 1.82) is 0 Å². The molecule has 2 aromatic carbocycles. The third-order valence-electron chi connectivity index (χ3n) is 3.68. The molecule has 0 saturated heterocycles. The van der Waals surface area contributed by atoms with Crippen LogP contribution in [-0.4, -0.2) is 16.3 Å². The van der Waals surface area contributed by atoms with Crippen LogP contribution in [-0.2, 0) is 13.0 Å². The van der Waals surface area contributed by atoms with Gasteiger partial charge in [0.05, 0.1) is 0 Å². The van der Waals surface area contributed by atoms with E-state index in [2.05, 4.69) is 77.1 Å². The second kappa shape index (κ2) is 7.19. The van der Waals surface area contributed by atoms with Gasteiger partial charge in [0.2, 0.25) is 0 Å². The van der Waals surface area contributed by atoms with Crippen LogP contribution in [0, 0.1) is 0 Å². The van der Waals surface area contributed by atoms with Gasteiger partial charge in [-0.1, -0.05) is 54.1 Å². The molecule has 0 unspecified atom stereocenters. The van der Waals surface area contributed by atoms with Crippen molar-refractivity contribution in [2.45, 2.75) is 13.0 Å². The molecule has 2 nitrogen and oxygen atoms in total. The standard InChI is InChI=1S/C19H19ClN2/c20-19-8-6-18(7-9-19)16-22-14-12-21(13-15-22)11-10-17-4-2-1-3-5-17/h1-9,12-15H,10-11,16H2. The highest BCUT2D eigenvalue weighted by Gasteiger charge is 2.05. The van der Waals surface area contributed by atoms with E-state index in [1.165, 1.54) is 11.1 Å². The Hall–Kier alpha value is -2.19. The average Bonchev–Trinajstić information content (AvgIpc) is 2.57. The van der Waals surface area contributed by atoms with Crippen LogP contribution in [0.15, 0.2) is 79.4 Å². The predicted octanol–water partition coefficient (Wildman–Crippen LogP) is 4.64. The smallest absolute Gasteiger partial charge is 0.0471 e. The van der Waals surface area contributed by atoms with Gasteiger partial charge in [-0.15, -0.1) is 0 Å². The SMILES string of the molecule is Clc1ccc(CN2C=CN(CCc3ccccc3)C=C2)cc1. The summed E-state index contributed by atoms with van der Waals surface area (Å²) in [4.78, 5) is 4.38. The summed E-state index contributed by atoms with van der Waals surface area (Å²) in [6, 6.07) is 18.6. The second-order valence-electron chi connectivity index (χ2n) is 5.37. The minimum Gasteiger partial charge on any atom is -0.351 e. The number of hydrogen-bond donors (Lipinski definition) is 0. The Bertz CT molecular complexity index is 633. The van der Waals surface area contributed by atoms with Crippen molar-refractivity contribution in [2.75, 3.05) is 6.54 Å². The summed E-state index contributed by atoms with van der Waals surface area (Å²) >= 11 is 5.91. The summed E-state index contributed by atoms with van der Waals surface area (Å²) < 4.78 is 0. The van der Waals surface area contributed by atoms with Gasteiger partial charge in [0, 0.05) is 42.9 Å². The van der Waals surface area contributed by atoms with E-state index in [-0.39, 0.29) is 0 Å². The third kappa shape index (κ3) is 4.15. The van der Waals surface area contributed by atoms with Gasteiger partial charge in [-0.05, 0) is 29.7 Å². The summed E-state index contributed by atoms with van der Waals surface area (Å²) in [5.74, 6) is 0. The van der Waals surface area contributed by atoms with E-state index < -0.39 is 0 Å². The van der Waals surface area contributed by atoms with Crippen LogP contribution >= 0.6 is 11.6 Å². The van der Waals surface area contributed by atoms with E-state index in [1.54, 1.807) is 0 Å². The minimum atomic E-state index is 0.778. The van der Waals surface area contributed by atoms with E-state index in [4.69, 9.17) is 11.6 Å². The highest BCUT2D eigenvalue weighted by Crippen LogP contribution is 2.14. The number of benzene rings is 2. The van der Waals surface area contributed by atoms with E-state index in [0.717, 1.165) is 24.5 Å². The Morgan fingerprint density at radius 3 is 2.00 bits per heavy atom. The highest BCUT2D eigenvalue weighted by atomic mass is 35.5. The average molecular weight is 311 g/mol. The molecule has 22 heavy (non-hydrogen) atoms. The van der Waals surface area contributed by atoms with Crippen LogP contribution in [0.3, 0.4) is 0 Å². The molecule has 0 bridgehead atoms. The summed E-state index contributed by atoms with van der Waals surface area (Å²) in [7, 11) is 0. The molecule has 0 radical (unpaired) electrons. The first-order valence-electron chi connectivity index (χ1n) is 7.46. The van der Waals surface area contributed by atoms with Crippen LogP contribution in [0.4, 0.5) is 0 Å². The summed E-state index contributed by atoms with van der Waals surface area (Å²) in [6.45, 7) is 1.85. The van der Waals surface area contributed by atoms with Crippen molar-refractivity contribution < 1.29 is 0 Å². The van der Waals surface area contributed by atoms with Gasteiger partial charge in [-0.3, -0.25) is 0 Å². The van der Waals surface area contributed by atoms with Gasteiger partial charge in [0.1, 0.15) is 0 Å². The Kier molecular flexibility index (Phi) is 4.81. The molecule has 112 valence electrons. The van der Waals surface area contributed by atoms with Crippen LogP contribution < -0.4 is 0 Å². The Morgan fingerprint density at radius 1 is 0.682 bits per heavy atom. The summed E-state index contributed by atoms with van der Waals surface area (Å²) in [5.41, 5.74) is 2.62. The fourth-order valence-corrected chi connectivity index (χ4v) is 2.53. The summed E-state index contributed by atoms with van der Waals surface area (Å²) in [5, 5.41) is 0.778. The lowest BCUT2D eigenvalue weighted by Gasteiger charge is -2.25. The van der Waals surface area contributed by atoms with Gasteiger partial charge >= 0.3 is 0 Å². The first kappa shape index (κ1) is 14.7. The van der Waals surface area contributed by atoms with Crippen molar-refractivity contribution in [3.8, 4) is 0 Å². The Balaban J connectivity index is 1.50. The molecule has 0 aromatic heterocycles. The molecule has 2 aromatic rings. The maximum atomic E-state index is 5.91. The van der Waals surface area contributed by atoms with E-state index in [0.29, 0.717) is 0 Å². The molecule has 3 rings (SSSR count). The highest BCUT2D eigenvalue weighted by molar-refractivity contribution is 6.30. The maximum absolute atomic E-state index is 5.91. The van der Waals surface area contributed by atoms with Crippen LogP contribution in [0.2, 0.25) is 5.02 Å². The van der Waals surface area contributed by atoms with Crippen molar-refractivity contribution in [3.05, 3.63) is 95.5 Å². The first-order valence-corrected chi connectivity index (χ1v) is 7.84. The van der Waals surface area contributed by atoms with Gasteiger partial charge in [0.15, 0.2) is 0 Å². The zero-order valence-electron chi connectivity index (χ0n) is 12.4. The molecular weight excluding hydrogens is 292 g/mol. The lowest BCUT2D eigenvalue weighted by Crippen LogP contribution is -2.21. The normalized spacial score (nSPS) is 13.7. The molecule has 0 saturated carbocycles. The largest absolute Gasteiger partial charge is 0.351 e. The molecule has 1 aliphatic heterocycles. The van der Waals surface area contributed by atoms with Crippen LogP contribution in [0.1, 0.15) is 11.1 Å². The van der Waals surface area contributed by atoms with Crippen LogP contribution in [0.25, 0.3) is 0 Å². The minimum absolute atomic E-state index is 0.778. The second-order valence-corrected chi connectivity index (χ2v) is 5.80. The molecular formula is C19H19ClN2. The van der Waals surface area contributed by atoms with E-state index in [1.807, 2.05) is 12.1 Å². The molecule has 0 N–H and O–H groups in total. The maximum Gasteiger partial charge on any atom is 0.0471 e. The zero-order valence-corrected chi connectivity index (χ0v) is 13.2. The predicted molar refractivity (Wildman–Crippen MR) is 92.1 cm³/mol. The fraction of sp³-hybridized carbons (Fsp3) is 0.158.